The third-order valence-electron chi connectivity index (χ3n) is 3.94. The van der Waals surface area contributed by atoms with Gasteiger partial charge in [-0.3, -0.25) is 4.79 Å². The fourth-order valence-corrected chi connectivity index (χ4v) is 3.12. The Morgan fingerprint density at radius 3 is 2.81 bits per heavy atom. The summed E-state index contributed by atoms with van der Waals surface area (Å²) in [5.74, 6) is 0.262. The first kappa shape index (κ1) is 11.6. The van der Waals surface area contributed by atoms with E-state index in [-0.39, 0.29) is 11.4 Å². The van der Waals surface area contributed by atoms with Crippen LogP contribution in [0.4, 0.5) is 0 Å². The van der Waals surface area contributed by atoms with E-state index in [1.807, 2.05) is 0 Å². The first-order chi connectivity index (χ1) is 7.78. The smallest absolute Gasteiger partial charge is 0.226 e. The molecule has 1 saturated heterocycles. The van der Waals surface area contributed by atoms with Gasteiger partial charge in [0.1, 0.15) is 0 Å². The summed E-state index contributed by atoms with van der Waals surface area (Å²) < 4.78 is 0. The molecule has 1 aliphatic heterocycles. The maximum Gasteiger partial charge on any atom is 0.226 e. The maximum atomic E-state index is 12.1. The molecule has 1 amide bonds. The third-order valence-corrected chi connectivity index (χ3v) is 3.94. The van der Waals surface area contributed by atoms with Crippen molar-refractivity contribution in [3.8, 4) is 0 Å². The molecule has 2 fully saturated rings. The van der Waals surface area contributed by atoms with Crippen molar-refractivity contribution >= 4 is 5.91 Å². The van der Waals surface area contributed by atoms with Crippen LogP contribution in [-0.4, -0.2) is 36.0 Å². The van der Waals surface area contributed by atoms with Gasteiger partial charge in [0, 0.05) is 26.1 Å². The van der Waals surface area contributed by atoms with Gasteiger partial charge in [0.2, 0.25) is 5.91 Å². The van der Waals surface area contributed by atoms with Crippen molar-refractivity contribution in [2.75, 3.05) is 19.6 Å². The van der Waals surface area contributed by atoms with Gasteiger partial charge in [-0.2, -0.15) is 0 Å². The zero-order valence-electron chi connectivity index (χ0n) is 10.0. The van der Waals surface area contributed by atoms with Crippen LogP contribution >= 0.6 is 0 Å². The highest BCUT2D eigenvalue weighted by molar-refractivity contribution is 5.78. The van der Waals surface area contributed by atoms with Crippen LogP contribution in [0.2, 0.25) is 0 Å². The van der Waals surface area contributed by atoms with E-state index in [1.54, 1.807) is 6.08 Å². The van der Waals surface area contributed by atoms with Crippen molar-refractivity contribution in [1.82, 2.24) is 10.2 Å². The number of hydrogen-bond donors (Lipinski definition) is 1. The van der Waals surface area contributed by atoms with Gasteiger partial charge < -0.3 is 10.2 Å². The second-order valence-corrected chi connectivity index (χ2v) is 5.00. The zero-order chi connectivity index (χ0) is 11.4. The number of carbonyl (C=O) groups is 1. The number of nitrogens with one attached hydrogen (secondary N) is 1. The summed E-state index contributed by atoms with van der Waals surface area (Å²) in [7, 11) is 0. The standard InChI is InChI=1S/C13H22N2O/c1-2-6-12(16)15-10-9-14-11-13(15)7-4-3-5-8-13/h2,14H,1,3-11H2. The van der Waals surface area contributed by atoms with E-state index >= 15 is 0 Å². The van der Waals surface area contributed by atoms with Gasteiger partial charge in [-0.05, 0) is 12.8 Å². The van der Waals surface area contributed by atoms with Crippen molar-refractivity contribution in [2.45, 2.75) is 44.1 Å². The fraction of sp³-hybridized carbons (Fsp3) is 0.769. The lowest BCUT2D eigenvalue weighted by molar-refractivity contribution is -0.139. The number of hydrogen-bond acceptors (Lipinski definition) is 2. The number of carbonyl (C=O) groups excluding carboxylic acids is 1. The predicted octanol–water partition coefficient (Wildman–Crippen LogP) is 1.70. The van der Waals surface area contributed by atoms with Crippen molar-refractivity contribution in [1.29, 1.82) is 0 Å². The topological polar surface area (TPSA) is 32.3 Å². The summed E-state index contributed by atoms with van der Waals surface area (Å²) in [6.07, 6.45) is 8.40. The monoisotopic (exact) mass is 222 g/mol. The average molecular weight is 222 g/mol. The molecule has 90 valence electrons. The number of piperazine rings is 1. The van der Waals surface area contributed by atoms with E-state index in [9.17, 15) is 4.79 Å². The second kappa shape index (κ2) is 5.00. The molecule has 0 aromatic heterocycles. The Bertz CT molecular complexity index is 261. The summed E-state index contributed by atoms with van der Waals surface area (Å²) in [4.78, 5) is 14.2. The molecule has 2 aliphatic rings. The van der Waals surface area contributed by atoms with Gasteiger partial charge in [-0.15, -0.1) is 6.58 Å². The largest absolute Gasteiger partial charge is 0.334 e. The molecule has 16 heavy (non-hydrogen) atoms. The molecule has 3 nitrogen and oxygen atoms in total. The minimum atomic E-state index is 0.122. The van der Waals surface area contributed by atoms with Crippen molar-refractivity contribution in [3.05, 3.63) is 12.7 Å². The Morgan fingerprint density at radius 2 is 2.12 bits per heavy atom. The number of nitrogens with zero attached hydrogens (tertiary/aromatic N) is 1. The van der Waals surface area contributed by atoms with E-state index in [4.69, 9.17) is 0 Å². The summed E-state index contributed by atoms with van der Waals surface area (Å²) in [5, 5.41) is 3.45. The van der Waals surface area contributed by atoms with Crippen molar-refractivity contribution in [3.63, 3.8) is 0 Å². The summed E-state index contributed by atoms with van der Waals surface area (Å²) >= 11 is 0. The molecule has 0 bridgehead atoms. The molecule has 1 N–H and O–H groups in total. The normalized spacial score (nSPS) is 24.4. The lowest BCUT2D eigenvalue weighted by Gasteiger charge is -2.49. The Hall–Kier alpha value is -0.830. The van der Waals surface area contributed by atoms with E-state index < -0.39 is 0 Å². The van der Waals surface area contributed by atoms with Crippen LogP contribution in [0.3, 0.4) is 0 Å². The molecule has 0 aromatic carbocycles. The molecule has 0 aromatic rings. The maximum absolute atomic E-state index is 12.1. The summed E-state index contributed by atoms with van der Waals surface area (Å²) in [6, 6.07) is 0. The summed E-state index contributed by atoms with van der Waals surface area (Å²) in [5.41, 5.74) is 0.122. The van der Waals surface area contributed by atoms with Crippen LogP contribution in [0, 0.1) is 0 Å². The van der Waals surface area contributed by atoms with E-state index in [0.29, 0.717) is 6.42 Å². The van der Waals surface area contributed by atoms with Crippen LogP contribution in [0.1, 0.15) is 38.5 Å². The van der Waals surface area contributed by atoms with Crippen molar-refractivity contribution in [2.24, 2.45) is 0 Å². The molecule has 2 rings (SSSR count). The van der Waals surface area contributed by atoms with Crippen molar-refractivity contribution < 1.29 is 4.79 Å². The van der Waals surface area contributed by atoms with Crippen LogP contribution in [0.15, 0.2) is 12.7 Å². The Labute approximate surface area is 97.9 Å². The van der Waals surface area contributed by atoms with Gasteiger partial charge >= 0.3 is 0 Å². The summed E-state index contributed by atoms with van der Waals surface area (Å²) in [6.45, 7) is 6.45. The predicted molar refractivity (Wildman–Crippen MR) is 65.2 cm³/mol. The molecule has 0 radical (unpaired) electrons. The molecule has 1 heterocycles. The molecule has 0 unspecified atom stereocenters. The lowest BCUT2D eigenvalue weighted by atomic mass is 9.79. The van der Waals surface area contributed by atoms with Crippen LogP contribution in [0.25, 0.3) is 0 Å². The molecule has 1 aliphatic carbocycles. The molecular formula is C13H22N2O. The SMILES string of the molecule is C=CCC(=O)N1CCNCC12CCCCC2. The molecular weight excluding hydrogens is 200 g/mol. The number of amides is 1. The molecule has 1 saturated carbocycles. The van der Waals surface area contributed by atoms with Gasteiger partial charge in [-0.25, -0.2) is 0 Å². The van der Waals surface area contributed by atoms with E-state index in [1.165, 1.54) is 32.1 Å². The van der Waals surface area contributed by atoms with Crippen LogP contribution in [-0.2, 0) is 4.79 Å². The van der Waals surface area contributed by atoms with Gasteiger partial charge in [0.15, 0.2) is 0 Å². The first-order valence-electron chi connectivity index (χ1n) is 6.41. The minimum Gasteiger partial charge on any atom is -0.334 e. The molecule has 1 spiro atoms. The Morgan fingerprint density at radius 1 is 1.38 bits per heavy atom. The van der Waals surface area contributed by atoms with Gasteiger partial charge in [0.05, 0.1) is 5.54 Å². The zero-order valence-corrected chi connectivity index (χ0v) is 10.0. The van der Waals surface area contributed by atoms with E-state index in [0.717, 1.165) is 19.6 Å². The Kier molecular flexibility index (Phi) is 3.64. The third kappa shape index (κ3) is 2.14. The lowest BCUT2D eigenvalue weighted by Crippen LogP contribution is -2.63. The fourth-order valence-electron chi connectivity index (χ4n) is 3.12. The highest BCUT2D eigenvalue weighted by Gasteiger charge is 2.41. The molecule has 0 atom stereocenters. The van der Waals surface area contributed by atoms with Gasteiger partial charge in [0.25, 0.3) is 0 Å². The van der Waals surface area contributed by atoms with Crippen LogP contribution in [0.5, 0.6) is 0 Å². The van der Waals surface area contributed by atoms with Crippen LogP contribution < -0.4 is 5.32 Å². The number of rotatable bonds is 2. The highest BCUT2D eigenvalue weighted by Crippen LogP contribution is 2.34. The van der Waals surface area contributed by atoms with E-state index in [2.05, 4.69) is 16.8 Å². The minimum absolute atomic E-state index is 0.122. The average Bonchev–Trinajstić information content (AvgIpc) is 2.31. The van der Waals surface area contributed by atoms with Gasteiger partial charge in [-0.1, -0.05) is 25.3 Å². The molecule has 3 heteroatoms. The first-order valence-corrected chi connectivity index (χ1v) is 6.41. The second-order valence-electron chi connectivity index (χ2n) is 5.00. The highest BCUT2D eigenvalue weighted by atomic mass is 16.2. The Balaban J connectivity index is 2.11. The quantitative estimate of drug-likeness (QED) is 0.721.